The van der Waals surface area contributed by atoms with Crippen LogP contribution in [0.4, 0.5) is 23.5 Å². The van der Waals surface area contributed by atoms with Crippen molar-refractivity contribution in [1.82, 2.24) is 15.0 Å². The highest BCUT2D eigenvalue weighted by atomic mass is 16.5. The van der Waals surface area contributed by atoms with E-state index in [2.05, 4.69) is 30.9 Å². The Morgan fingerprint density at radius 3 is 2.31 bits per heavy atom. The number of rotatable bonds is 13. The summed E-state index contributed by atoms with van der Waals surface area (Å²) in [6.07, 6.45) is 4.79. The van der Waals surface area contributed by atoms with Gasteiger partial charge in [0.15, 0.2) is 0 Å². The fourth-order valence-electron chi connectivity index (χ4n) is 3.12. The molecule has 158 valence electrons. The predicted octanol–water partition coefficient (Wildman–Crippen LogP) is 2.37. The van der Waals surface area contributed by atoms with Crippen LogP contribution >= 0.6 is 0 Å². The monoisotopic (exact) mass is 401 g/mol. The molecule has 0 atom stereocenters. The van der Waals surface area contributed by atoms with E-state index in [0.29, 0.717) is 63.4 Å². The molecule has 2 aromatic rings. The zero-order valence-electron chi connectivity index (χ0n) is 16.8. The van der Waals surface area contributed by atoms with E-state index in [-0.39, 0.29) is 0 Å². The average molecular weight is 402 g/mol. The third-order valence-electron chi connectivity index (χ3n) is 4.52. The fraction of sp³-hybridized carbons (Fsp3) is 0.550. The number of nitrogens with two attached hydrogens (primary N) is 1. The molecule has 0 amide bonds. The molecule has 5 N–H and O–H groups in total. The van der Waals surface area contributed by atoms with Gasteiger partial charge in [-0.25, -0.2) is 0 Å². The van der Waals surface area contributed by atoms with Crippen LogP contribution in [0.1, 0.15) is 25.7 Å². The summed E-state index contributed by atoms with van der Waals surface area (Å²) < 4.78 is 10.8. The van der Waals surface area contributed by atoms with Crippen LogP contribution in [0.25, 0.3) is 0 Å². The molecule has 1 heterocycles. The molecule has 9 heteroatoms. The van der Waals surface area contributed by atoms with Gasteiger partial charge in [-0.1, -0.05) is 31.0 Å². The maximum atomic E-state index is 5.53. The molecule has 29 heavy (non-hydrogen) atoms. The topological polar surface area (TPSA) is 119 Å². The Bertz CT molecular complexity index is 711. The standard InChI is InChI=1S/C20H31N7O2/c21-10-12-28-14-15-29-13-11-22-18-25-19(23-16-6-2-1-3-7-16)27-20(26-18)24-17-8-4-5-9-17/h1-3,6-7,17H,4-5,8-15,21H2,(H3,22,23,24,25,26,27). The smallest absolute Gasteiger partial charge is 0.233 e. The number of anilines is 4. The summed E-state index contributed by atoms with van der Waals surface area (Å²) in [5.41, 5.74) is 6.30. The Morgan fingerprint density at radius 2 is 1.55 bits per heavy atom. The second kappa shape index (κ2) is 12.2. The molecule has 1 fully saturated rings. The molecule has 0 radical (unpaired) electrons. The summed E-state index contributed by atoms with van der Waals surface area (Å²) in [4.78, 5) is 13.5. The van der Waals surface area contributed by atoms with Crippen LogP contribution in [0.3, 0.4) is 0 Å². The summed E-state index contributed by atoms with van der Waals surface area (Å²) in [7, 11) is 0. The average Bonchev–Trinajstić information content (AvgIpc) is 3.24. The van der Waals surface area contributed by atoms with Crippen molar-refractivity contribution in [2.45, 2.75) is 31.7 Å². The van der Waals surface area contributed by atoms with Crippen molar-refractivity contribution >= 4 is 23.5 Å². The van der Waals surface area contributed by atoms with Gasteiger partial charge in [0.1, 0.15) is 0 Å². The van der Waals surface area contributed by atoms with E-state index in [1.807, 2.05) is 30.3 Å². The van der Waals surface area contributed by atoms with Gasteiger partial charge in [-0.3, -0.25) is 0 Å². The van der Waals surface area contributed by atoms with Crippen LogP contribution in [0.15, 0.2) is 30.3 Å². The molecule has 1 aliphatic carbocycles. The maximum absolute atomic E-state index is 5.53. The van der Waals surface area contributed by atoms with E-state index in [1.54, 1.807) is 0 Å². The Balaban J connectivity index is 1.55. The van der Waals surface area contributed by atoms with E-state index in [1.165, 1.54) is 12.8 Å². The number of ether oxygens (including phenoxy) is 2. The van der Waals surface area contributed by atoms with Gasteiger partial charge in [-0.2, -0.15) is 15.0 Å². The van der Waals surface area contributed by atoms with E-state index < -0.39 is 0 Å². The van der Waals surface area contributed by atoms with Crippen LogP contribution < -0.4 is 21.7 Å². The Labute approximate surface area is 171 Å². The van der Waals surface area contributed by atoms with E-state index in [4.69, 9.17) is 15.2 Å². The molecule has 1 aromatic heterocycles. The molecule has 1 aromatic carbocycles. The summed E-state index contributed by atoms with van der Waals surface area (Å²) in [5, 5.41) is 9.89. The Morgan fingerprint density at radius 1 is 0.862 bits per heavy atom. The minimum absolute atomic E-state index is 0.423. The Kier molecular flexibility index (Phi) is 8.89. The van der Waals surface area contributed by atoms with Crippen LogP contribution in [-0.4, -0.2) is 60.5 Å². The lowest BCUT2D eigenvalue weighted by Gasteiger charge is -2.14. The SMILES string of the molecule is NCCOCCOCCNc1nc(Nc2ccccc2)nc(NC2CCCC2)n1. The molecule has 0 spiro atoms. The zero-order chi connectivity index (χ0) is 20.2. The van der Waals surface area contributed by atoms with Crippen molar-refractivity contribution in [1.29, 1.82) is 0 Å². The van der Waals surface area contributed by atoms with Gasteiger partial charge in [0.2, 0.25) is 17.8 Å². The minimum Gasteiger partial charge on any atom is -0.378 e. The first-order valence-electron chi connectivity index (χ1n) is 10.3. The maximum Gasteiger partial charge on any atom is 0.233 e. The first-order chi connectivity index (χ1) is 14.3. The lowest BCUT2D eigenvalue weighted by Crippen LogP contribution is -2.19. The van der Waals surface area contributed by atoms with Crippen molar-refractivity contribution in [3.63, 3.8) is 0 Å². The van der Waals surface area contributed by atoms with Crippen molar-refractivity contribution in [3.05, 3.63) is 30.3 Å². The van der Waals surface area contributed by atoms with Crippen molar-refractivity contribution in [2.75, 3.05) is 55.5 Å². The number of aromatic nitrogens is 3. The fourth-order valence-corrected chi connectivity index (χ4v) is 3.12. The highest BCUT2D eigenvalue weighted by Crippen LogP contribution is 2.22. The van der Waals surface area contributed by atoms with Gasteiger partial charge in [0, 0.05) is 24.8 Å². The minimum atomic E-state index is 0.423. The zero-order valence-corrected chi connectivity index (χ0v) is 16.8. The molecule has 0 bridgehead atoms. The van der Waals surface area contributed by atoms with Crippen LogP contribution in [0.2, 0.25) is 0 Å². The highest BCUT2D eigenvalue weighted by molar-refractivity contribution is 5.55. The van der Waals surface area contributed by atoms with Crippen LogP contribution in [0, 0.1) is 0 Å². The quantitative estimate of drug-likeness (QED) is 0.375. The molecule has 1 saturated carbocycles. The molecule has 0 unspecified atom stereocenters. The van der Waals surface area contributed by atoms with Crippen molar-refractivity contribution in [2.24, 2.45) is 5.73 Å². The predicted molar refractivity (Wildman–Crippen MR) is 115 cm³/mol. The number of para-hydroxylation sites is 1. The molecule has 3 rings (SSSR count). The third kappa shape index (κ3) is 7.80. The Hall–Kier alpha value is -2.49. The largest absolute Gasteiger partial charge is 0.378 e. The first-order valence-corrected chi connectivity index (χ1v) is 10.3. The number of nitrogens with one attached hydrogen (secondary N) is 3. The highest BCUT2D eigenvalue weighted by Gasteiger charge is 2.17. The van der Waals surface area contributed by atoms with Crippen molar-refractivity contribution in [3.8, 4) is 0 Å². The number of nitrogens with zero attached hydrogens (tertiary/aromatic N) is 3. The molecular weight excluding hydrogens is 370 g/mol. The van der Waals surface area contributed by atoms with Gasteiger partial charge in [0.25, 0.3) is 0 Å². The summed E-state index contributed by atoms with van der Waals surface area (Å²) in [6, 6.07) is 10.3. The number of hydrogen-bond donors (Lipinski definition) is 4. The van der Waals surface area contributed by atoms with E-state index in [0.717, 1.165) is 18.5 Å². The lowest BCUT2D eigenvalue weighted by atomic mass is 10.3. The normalized spacial score (nSPS) is 14.1. The van der Waals surface area contributed by atoms with E-state index >= 15 is 0 Å². The molecule has 0 saturated heterocycles. The van der Waals surface area contributed by atoms with Gasteiger partial charge in [0.05, 0.1) is 26.4 Å². The van der Waals surface area contributed by atoms with Crippen molar-refractivity contribution < 1.29 is 9.47 Å². The summed E-state index contributed by atoms with van der Waals surface area (Å²) in [6.45, 7) is 3.29. The lowest BCUT2D eigenvalue weighted by molar-refractivity contribution is 0.0547. The van der Waals surface area contributed by atoms with Gasteiger partial charge in [-0.05, 0) is 25.0 Å². The second-order valence-corrected chi connectivity index (χ2v) is 6.86. The van der Waals surface area contributed by atoms with E-state index in [9.17, 15) is 0 Å². The molecule has 1 aliphatic rings. The van der Waals surface area contributed by atoms with Crippen LogP contribution in [-0.2, 0) is 9.47 Å². The second-order valence-electron chi connectivity index (χ2n) is 6.86. The summed E-state index contributed by atoms with van der Waals surface area (Å²) >= 11 is 0. The van der Waals surface area contributed by atoms with Crippen LogP contribution in [0.5, 0.6) is 0 Å². The molecular formula is C20H31N7O2. The van der Waals surface area contributed by atoms with Gasteiger partial charge < -0.3 is 31.2 Å². The van der Waals surface area contributed by atoms with Gasteiger partial charge in [-0.15, -0.1) is 0 Å². The first kappa shape index (κ1) is 21.2. The number of hydrogen-bond acceptors (Lipinski definition) is 9. The molecule has 0 aliphatic heterocycles. The molecule has 9 nitrogen and oxygen atoms in total. The van der Waals surface area contributed by atoms with Gasteiger partial charge >= 0.3 is 0 Å². The summed E-state index contributed by atoms with van der Waals surface area (Å²) in [5.74, 6) is 1.61. The number of benzene rings is 1. The third-order valence-corrected chi connectivity index (χ3v) is 4.52.